The summed E-state index contributed by atoms with van der Waals surface area (Å²) in [5, 5.41) is 11.7. The largest absolute Gasteiger partial charge is 0.497 e. The van der Waals surface area contributed by atoms with Gasteiger partial charge in [-0.1, -0.05) is 15.9 Å². The molecule has 1 aromatic rings. The Morgan fingerprint density at radius 2 is 2.05 bits per heavy atom. The molecule has 0 aliphatic rings. The van der Waals surface area contributed by atoms with Gasteiger partial charge in [-0.05, 0) is 44.0 Å². The standard InChI is InChI=1S/C15H20BrNO4/c1-15(2,14(19)20)6-7-17-13(18)9-10-8-11(21-3)4-5-12(10)16/h4-5,8H,6-7,9H2,1-3H3,(H,17,18)(H,19,20). The van der Waals surface area contributed by atoms with Gasteiger partial charge in [0, 0.05) is 11.0 Å². The molecule has 0 atom stereocenters. The molecule has 0 heterocycles. The first-order valence-electron chi connectivity index (χ1n) is 6.59. The van der Waals surface area contributed by atoms with Gasteiger partial charge in [0.2, 0.25) is 5.91 Å². The van der Waals surface area contributed by atoms with Gasteiger partial charge in [-0.15, -0.1) is 0 Å². The van der Waals surface area contributed by atoms with Crippen molar-refractivity contribution in [2.45, 2.75) is 26.7 Å². The average molecular weight is 358 g/mol. The van der Waals surface area contributed by atoms with E-state index in [-0.39, 0.29) is 12.3 Å². The first-order chi connectivity index (χ1) is 9.76. The quantitative estimate of drug-likeness (QED) is 0.786. The van der Waals surface area contributed by atoms with E-state index in [1.807, 2.05) is 6.07 Å². The SMILES string of the molecule is COc1ccc(Br)c(CC(=O)NCCC(C)(C)C(=O)O)c1. The number of carbonyl (C=O) groups excluding carboxylic acids is 1. The van der Waals surface area contributed by atoms with Gasteiger partial charge in [0.1, 0.15) is 5.75 Å². The van der Waals surface area contributed by atoms with E-state index in [1.54, 1.807) is 33.1 Å². The maximum absolute atomic E-state index is 11.9. The summed E-state index contributed by atoms with van der Waals surface area (Å²) in [6.45, 7) is 3.61. The van der Waals surface area contributed by atoms with E-state index in [4.69, 9.17) is 9.84 Å². The molecule has 0 saturated heterocycles. The highest BCUT2D eigenvalue weighted by Crippen LogP contribution is 2.23. The monoisotopic (exact) mass is 357 g/mol. The van der Waals surface area contributed by atoms with Crippen LogP contribution in [-0.4, -0.2) is 30.6 Å². The van der Waals surface area contributed by atoms with E-state index in [0.29, 0.717) is 18.7 Å². The third-order valence-corrected chi connectivity index (χ3v) is 4.03. The lowest BCUT2D eigenvalue weighted by molar-refractivity contribution is -0.147. The molecule has 2 N–H and O–H groups in total. The number of hydrogen-bond acceptors (Lipinski definition) is 3. The van der Waals surface area contributed by atoms with Crippen molar-refractivity contribution < 1.29 is 19.4 Å². The molecule has 116 valence electrons. The molecular formula is C15H20BrNO4. The van der Waals surface area contributed by atoms with E-state index in [2.05, 4.69) is 21.2 Å². The number of aliphatic carboxylic acids is 1. The minimum Gasteiger partial charge on any atom is -0.497 e. The molecule has 0 aliphatic carbocycles. The summed E-state index contributed by atoms with van der Waals surface area (Å²) in [7, 11) is 1.57. The molecule has 1 aromatic carbocycles. The zero-order chi connectivity index (χ0) is 16.0. The molecule has 5 nitrogen and oxygen atoms in total. The molecule has 0 aromatic heterocycles. The van der Waals surface area contributed by atoms with Gasteiger partial charge in [-0.3, -0.25) is 9.59 Å². The molecule has 1 amide bonds. The fourth-order valence-corrected chi connectivity index (χ4v) is 2.06. The second kappa shape index (κ2) is 7.45. The van der Waals surface area contributed by atoms with E-state index in [0.717, 1.165) is 10.0 Å². The molecule has 21 heavy (non-hydrogen) atoms. The van der Waals surface area contributed by atoms with Crippen LogP contribution in [0.3, 0.4) is 0 Å². The molecule has 0 radical (unpaired) electrons. The van der Waals surface area contributed by atoms with Crippen molar-refractivity contribution in [2.24, 2.45) is 5.41 Å². The molecule has 0 aliphatic heterocycles. The Morgan fingerprint density at radius 1 is 1.38 bits per heavy atom. The first kappa shape index (κ1) is 17.5. The number of carboxylic acids is 1. The lowest BCUT2D eigenvalue weighted by atomic mass is 9.90. The highest BCUT2D eigenvalue weighted by Gasteiger charge is 2.26. The van der Waals surface area contributed by atoms with E-state index in [1.165, 1.54) is 0 Å². The predicted octanol–water partition coefficient (Wildman–Crippen LogP) is 2.62. The highest BCUT2D eigenvalue weighted by atomic mass is 79.9. The number of carboxylic acid groups (broad SMARTS) is 1. The summed E-state index contributed by atoms with van der Waals surface area (Å²) in [5.74, 6) is -0.328. The molecule has 0 saturated carbocycles. The van der Waals surface area contributed by atoms with E-state index >= 15 is 0 Å². The van der Waals surface area contributed by atoms with Crippen LogP contribution in [0.15, 0.2) is 22.7 Å². The Labute approximate surface area is 132 Å². The van der Waals surface area contributed by atoms with Crippen molar-refractivity contribution in [1.82, 2.24) is 5.32 Å². The van der Waals surface area contributed by atoms with Crippen LogP contribution in [0.4, 0.5) is 0 Å². The Bertz CT molecular complexity index is 528. The summed E-state index contributed by atoms with van der Waals surface area (Å²) in [6, 6.07) is 5.43. The predicted molar refractivity (Wildman–Crippen MR) is 83.4 cm³/mol. The lowest BCUT2D eigenvalue weighted by Crippen LogP contribution is -2.32. The van der Waals surface area contributed by atoms with Crippen LogP contribution in [0.5, 0.6) is 5.75 Å². The fourth-order valence-electron chi connectivity index (χ4n) is 1.67. The molecule has 6 heteroatoms. The Morgan fingerprint density at radius 3 is 2.62 bits per heavy atom. The molecular weight excluding hydrogens is 338 g/mol. The number of methoxy groups -OCH3 is 1. The number of rotatable bonds is 7. The molecule has 0 unspecified atom stereocenters. The van der Waals surface area contributed by atoms with Crippen LogP contribution in [-0.2, 0) is 16.0 Å². The zero-order valence-electron chi connectivity index (χ0n) is 12.4. The second-order valence-corrected chi connectivity index (χ2v) is 6.28. The Balaban J connectivity index is 2.53. The number of amides is 1. The minimum absolute atomic E-state index is 0.148. The number of halogens is 1. The molecule has 0 fully saturated rings. The maximum Gasteiger partial charge on any atom is 0.309 e. The Hall–Kier alpha value is -1.56. The second-order valence-electron chi connectivity index (χ2n) is 5.42. The molecule has 0 bridgehead atoms. The average Bonchev–Trinajstić information content (AvgIpc) is 2.40. The molecule has 1 rings (SSSR count). The van der Waals surface area contributed by atoms with Crippen LogP contribution < -0.4 is 10.1 Å². The lowest BCUT2D eigenvalue weighted by Gasteiger charge is -2.19. The van der Waals surface area contributed by atoms with Gasteiger partial charge >= 0.3 is 5.97 Å². The fraction of sp³-hybridized carbons (Fsp3) is 0.467. The van der Waals surface area contributed by atoms with Crippen LogP contribution in [0.1, 0.15) is 25.8 Å². The van der Waals surface area contributed by atoms with Crippen molar-refractivity contribution in [3.8, 4) is 5.75 Å². The number of hydrogen-bond donors (Lipinski definition) is 2. The summed E-state index contributed by atoms with van der Waals surface area (Å²) < 4.78 is 5.96. The summed E-state index contributed by atoms with van der Waals surface area (Å²) in [6.07, 6.45) is 0.596. The van der Waals surface area contributed by atoms with Gasteiger partial charge in [0.15, 0.2) is 0 Å². The smallest absolute Gasteiger partial charge is 0.309 e. The van der Waals surface area contributed by atoms with Crippen LogP contribution in [0.2, 0.25) is 0 Å². The first-order valence-corrected chi connectivity index (χ1v) is 7.38. The van der Waals surface area contributed by atoms with Gasteiger partial charge in [-0.25, -0.2) is 0 Å². The number of carbonyl (C=O) groups is 2. The number of benzene rings is 1. The summed E-state index contributed by atoms with van der Waals surface area (Å²) in [4.78, 5) is 22.9. The summed E-state index contributed by atoms with van der Waals surface area (Å²) >= 11 is 3.39. The van der Waals surface area contributed by atoms with Gasteiger partial charge in [-0.2, -0.15) is 0 Å². The van der Waals surface area contributed by atoms with E-state index in [9.17, 15) is 9.59 Å². The Kier molecular flexibility index (Phi) is 6.20. The van der Waals surface area contributed by atoms with Crippen LogP contribution in [0, 0.1) is 5.41 Å². The third-order valence-electron chi connectivity index (χ3n) is 3.26. The maximum atomic E-state index is 11.9. The van der Waals surface area contributed by atoms with E-state index < -0.39 is 11.4 Å². The van der Waals surface area contributed by atoms with Crippen molar-refractivity contribution in [3.63, 3.8) is 0 Å². The van der Waals surface area contributed by atoms with Crippen molar-refractivity contribution in [2.75, 3.05) is 13.7 Å². The zero-order valence-corrected chi connectivity index (χ0v) is 14.0. The topological polar surface area (TPSA) is 75.6 Å². The van der Waals surface area contributed by atoms with Crippen LogP contribution in [0.25, 0.3) is 0 Å². The van der Waals surface area contributed by atoms with Crippen LogP contribution >= 0.6 is 15.9 Å². The summed E-state index contributed by atoms with van der Waals surface area (Å²) in [5.41, 5.74) is -0.0200. The van der Waals surface area contributed by atoms with Crippen molar-refractivity contribution in [1.29, 1.82) is 0 Å². The third kappa shape index (κ3) is 5.38. The normalized spacial score (nSPS) is 11.0. The van der Waals surface area contributed by atoms with Gasteiger partial charge in [0.05, 0.1) is 18.9 Å². The number of ether oxygens (including phenoxy) is 1. The van der Waals surface area contributed by atoms with Gasteiger partial charge in [0.25, 0.3) is 0 Å². The number of nitrogens with one attached hydrogen (secondary N) is 1. The van der Waals surface area contributed by atoms with Gasteiger partial charge < -0.3 is 15.2 Å². The minimum atomic E-state index is -0.868. The van der Waals surface area contributed by atoms with Crippen molar-refractivity contribution >= 4 is 27.8 Å². The van der Waals surface area contributed by atoms with Crippen molar-refractivity contribution in [3.05, 3.63) is 28.2 Å². The highest BCUT2D eigenvalue weighted by molar-refractivity contribution is 9.10. The molecule has 0 spiro atoms.